The van der Waals surface area contributed by atoms with Crippen LogP contribution in [0.5, 0.6) is 0 Å². The summed E-state index contributed by atoms with van der Waals surface area (Å²) in [5.41, 5.74) is -1.89. The van der Waals surface area contributed by atoms with Gasteiger partial charge < -0.3 is 15.3 Å². The highest BCUT2D eigenvalue weighted by Crippen LogP contribution is 2.28. The Morgan fingerprint density at radius 3 is 2.45 bits per heavy atom. The lowest BCUT2D eigenvalue weighted by Crippen LogP contribution is -2.51. The van der Waals surface area contributed by atoms with Gasteiger partial charge in [0.05, 0.1) is 6.10 Å². The Morgan fingerprint density at radius 2 is 2.09 bits per heavy atom. The summed E-state index contributed by atoms with van der Waals surface area (Å²) in [5, 5.41) is 27.1. The molecule has 0 saturated heterocycles. The minimum absolute atomic E-state index is 0.156. The van der Waals surface area contributed by atoms with Crippen molar-refractivity contribution >= 4 is 5.97 Å². The summed E-state index contributed by atoms with van der Waals surface area (Å²) in [6.45, 7) is 0. The maximum Gasteiger partial charge on any atom is 0.338 e. The maximum absolute atomic E-state index is 10.5. The molecule has 0 aromatic heterocycles. The zero-order chi connectivity index (χ0) is 8.48. The molecule has 1 fully saturated rings. The van der Waals surface area contributed by atoms with Gasteiger partial charge >= 0.3 is 5.97 Å². The van der Waals surface area contributed by atoms with Crippen LogP contribution < -0.4 is 0 Å². The van der Waals surface area contributed by atoms with E-state index >= 15 is 0 Å². The standard InChI is InChI=1S/C7H12O4/c8-5-3-1-2-4-7(5,11)6(9)10/h5,8,11H,1-4H2,(H,9,10)/t5?,7-/m1/s1. The first-order valence-corrected chi connectivity index (χ1v) is 3.71. The van der Waals surface area contributed by atoms with E-state index in [0.717, 1.165) is 6.42 Å². The molecule has 0 spiro atoms. The number of carbonyl (C=O) groups is 1. The van der Waals surface area contributed by atoms with Crippen molar-refractivity contribution in [3.8, 4) is 0 Å². The lowest BCUT2D eigenvalue weighted by molar-refractivity contribution is -0.177. The second-order valence-corrected chi connectivity index (χ2v) is 2.99. The largest absolute Gasteiger partial charge is 0.479 e. The number of aliphatic carboxylic acids is 1. The molecule has 0 aliphatic heterocycles. The number of hydrogen-bond acceptors (Lipinski definition) is 3. The van der Waals surface area contributed by atoms with Crippen molar-refractivity contribution in [1.29, 1.82) is 0 Å². The molecule has 1 aliphatic carbocycles. The topological polar surface area (TPSA) is 77.8 Å². The highest BCUT2D eigenvalue weighted by molar-refractivity contribution is 5.78. The van der Waals surface area contributed by atoms with Crippen LogP contribution in [0, 0.1) is 0 Å². The van der Waals surface area contributed by atoms with Crippen LogP contribution in [0.4, 0.5) is 0 Å². The van der Waals surface area contributed by atoms with Crippen LogP contribution >= 0.6 is 0 Å². The monoisotopic (exact) mass is 160 g/mol. The molecule has 2 atom stereocenters. The average molecular weight is 160 g/mol. The summed E-state index contributed by atoms with van der Waals surface area (Å²) in [6, 6.07) is 0. The Balaban J connectivity index is 2.72. The van der Waals surface area contributed by atoms with E-state index in [0.29, 0.717) is 12.8 Å². The van der Waals surface area contributed by atoms with Gasteiger partial charge in [0.15, 0.2) is 5.60 Å². The molecule has 4 heteroatoms. The van der Waals surface area contributed by atoms with Gasteiger partial charge in [-0.25, -0.2) is 4.79 Å². The molecular formula is C7H12O4. The van der Waals surface area contributed by atoms with E-state index in [4.69, 9.17) is 10.2 Å². The number of rotatable bonds is 1. The molecule has 0 bridgehead atoms. The first-order chi connectivity index (χ1) is 5.07. The highest BCUT2D eigenvalue weighted by atomic mass is 16.4. The van der Waals surface area contributed by atoms with E-state index in [9.17, 15) is 9.90 Å². The molecule has 0 amide bonds. The molecule has 0 aromatic rings. The summed E-state index contributed by atoms with van der Waals surface area (Å²) in [6.07, 6.45) is 0.886. The molecule has 0 radical (unpaired) electrons. The fourth-order valence-corrected chi connectivity index (χ4v) is 1.39. The van der Waals surface area contributed by atoms with E-state index in [1.165, 1.54) is 0 Å². The Morgan fingerprint density at radius 1 is 1.45 bits per heavy atom. The number of carboxylic acids is 1. The van der Waals surface area contributed by atoms with Crippen LogP contribution in [0.1, 0.15) is 25.7 Å². The van der Waals surface area contributed by atoms with E-state index < -0.39 is 17.7 Å². The molecule has 1 rings (SSSR count). The van der Waals surface area contributed by atoms with Crippen molar-refractivity contribution in [1.82, 2.24) is 0 Å². The normalized spacial score (nSPS) is 38.5. The Hall–Kier alpha value is -0.610. The first-order valence-electron chi connectivity index (χ1n) is 3.71. The number of aliphatic hydroxyl groups is 2. The Kier molecular flexibility index (Phi) is 2.15. The van der Waals surface area contributed by atoms with Crippen molar-refractivity contribution in [3.63, 3.8) is 0 Å². The van der Waals surface area contributed by atoms with Crippen molar-refractivity contribution in [2.24, 2.45) is 0 Å². The van der Waals surface area contributed by atoms with Crippen LogP contribution in [0.15, 0.2) is 0 Å². The van der Waals surface area contributed by atoms with Crippen LogP contribution in [0.25, 0.3) is 0 Å². The SMILES string of the molecule is O=C(O)[C@@]1(O)CCCCC1O. The smallest absolute Gasteiger partial charge is 0.338 e. The molecule has 64 valence electrons. The molecule has 11 heavy (non-hydrogen) atoms. The predicted molar refractivity (Wildman–Crippen MR) is 37.1 cm³/mol. The molecule has 0 aromatic carbocycles. The second kappa shape index (κ2) is 2.79. The van der Waals surface area contributed by atoms with Crippen LogP contribution in [-0.4, -0.2) is 33.0 Å². The number of hydrogen-bond donors (Lipinski definition) is 3. The predicted octanol–water partition coefficient (Wildman–Crippen LogP) is -0.263. The van der Waals surface area contributed by atoms with Crippen LogP contribution in [-0.2, 0) is 4.79 Å². The van der Waals surface area contributed by atoms with E-state index in [1.54, 1.807) is 0 Å². The van der Waals surface area contributed by atoms with E-state index in [2.05, 4.69) is 0 Å². The summed E-state index contributed by atoms with van der Waals surface area (Å²) in [5.74, 6) is -1.32. The van der Waals surface area contributed by atoms with Crippen LogP contribution in [0.3, 0.4) is 0 Å². The van der Waals surface area contributed by atoms with Gasteiger partial charge in [-0.1, -0.05) is 6.42 Å². The average Bonchev–Trinajstić information content (AvgIpc) is 1.95. The Bertz CT molecular complexity index is 168. The molecule has 4 nitrogen and oxygen atoms in total. The van der Waals surface area contributed by atoms with Gasteiger partial charge in [-0.3, -0.25) is 0 Å². The van der Waals surface area contributed by atoms with Crippen molar-refractivity contribution in [2.45, 2.75) is 37.4 Å². The zero-order valence-corrected chi connectivity index (χ0v) is 6.16. The number of carboxylic acid groups (broad SMARTS) is 1. The van der Waals surface area contributed by atoms with E-state index in [-0.39, 0.29) is 6.42 Å². The van der Waals surface area contributed by atoms with Crippen molar-refractivity contribution in [3.05, 3.63) is 0 Å². The Labute approximate surface area is 64.5 Å². The summed E-state index contributed by atoms with van der Waals surface area (Å²) in [4.78, 5) is 10.5. The highest BCUT2D eigenvalue weighted by Gasteiger charge is 2.44. The molecule has 3 N–H and O–H groups in total. The summed E-state index contributed by atoms with van der Waals surface area (Å²) in [7, 11) is 0. The van der Waals surface area contributed by atoms with Gasteiger partial charge in [-0.2, -0.15) is 0 Å². The zero-order valence-electron chi connectivity index (χ0n) is 6.16. The van der Waals surface area contributed by atoms with Crippen LogP contribution in [0.2, 0.25) is 0 Å². The van der Waals surface area contributed by atoms with Crippen molar-refractivity contribution < 1.29 is 20.1 Å². The second-order valence-electron chi connectivity index (χ2n) is 2.99. The third-order valence-corrected chi connectivity index (χ3v) is 2.21. The molecule has 0 heterocycles. The van der Waals surface area contributed by atoms with Gasteiger partial charge in [0, 0.05) is 0 Å². The van der Waals surface area contributed by atoms with Gasteiger partial charge in [-0.15, -0.1) is 0 Å². The molecule has 1 aliphatic rings. The van der Waals surface area contributed by atoms with Crippen molar-refractivity contribution in [2.75, 3.05) is 0 Å². The van der Waals surface area contributed by atoms with E-state index in [1.807, 2.05) is 0 Å². The molecular weight excluding hydrogens is 148 g/mol. The molecule has 1 unspecified atom stereocenters. The number of aliphatic hydroxyl groups excluding tert-OH is 1. The van der Waals surface area contributed by atoms with Gasteiger partial charge in [0.1, 0.15) is 0 Å². The van der Waals surface area contributed by atoms with Gasteiger partial charge in [0.25, 0.3) is 0 Å². The minimum Gasteiger partial charge on any atom is -0.479 e. The summed E-state index contributed by atoms with van der Waals surface area (Å²) >= 11 is 0. The maximum atomic E-state index is 10.5. The first kappa shape index (κ1) is 8.49. The fourth-order valence-electron chi connectivity index (χ4n) is 1.39. The third kappa shape index (κ3) is 1.36. The fraction of sp³-hybridized carbons (Fsp3) is 0.857. The van der Waals surface area contributed by atoms with Gasteiger partial charge in [-0.05, 0) is 19.3 Å². The molecule has 1 saturated carbocycles. The quantitative estimate of drug-likeness (QED) is 0.493. The summed E-state index contributed by atoms with van der Waals surface area (Å²) < 4.78 is 0. The third-order valence-electron chi connectivity index (χ3n) is 2.21. The lowest BCUT2D eigenvalue weighted by atomic mass is 9.82. The minimum atomic E-state index is -1.89. The lowest BCUT2D eigenvalue weighted by Gasteiger charge is -2.32. The van der Waals surface area contributed by atoms with Gasteiger partial charge in [0.2, 0.25) is 0 Å².